The van der Waals surface area contributed by atoms with E-state index in [4.69, 9.17) is 19.9 Å². The molecule has 0 aliphatic heterocycles. The molecular formula is C15H21N3O3. The Balaban J connectivity index is 2.33. The molecule has 0 saturated carbocycles. The summed E-state index contributed by atoms with van der Waals surface area (Å²) in [6.07, 6.45) is 2.51. The second-order valence-corrected chi connectivity index (χ2v) is 4.71. The Morgan fingerprint density at radius 3 is 2.33 bits per heavy atom. The van der Waals surface area contributed by atoms with Crippen LogP contribution >= 0.6 is 0 Å². The lowest BCUT2D eigenvalue weighted by molar-refractivity contribution is 0.320. The van der Waals surface area contributed by atoms with E-state index >= 15 is 0 Å². The van der Waals surface area contributed by atoms with Crippen molar-refractivity contribution in [2.24, 2.45) is 12.8 Å². The van der Waals surface area contributed by atoms with Gasteiger partial charge in [0.05, 0.1) is 27.0 Å². The first-order valence-electron chi connectivity index (χ1n) is 6.63. The number of benzene rings is 1. The molecule has 0 radical (unpaired) electrons. The normalized spacial score (nSPS) is 12.0. The highest BCUT2D eigenvalue weighted by Gasteiger charge is 2.20. The van der Waals surface area contributed by atoms with Crippen molar-refractivity contribution >= 4 is 0 Å². The van der Waals surface area contributed by atoms with Gasteiger partial charge in [0.15, 0.2) is 11.5 Å². The third kappa shape index (κ3) is 3.11. The van der Waals surface area contributed by atoms with Gasteiger partial charge in [-0.2, -0.15) is 5.10 Å². The molecule has 0 spiro atoms. The maximum absolute atomic E-state index is 6.30. The fourth-order valence-corrected chi connectivity index (χ4v) is 2.32. The first kappa shape index (κ1) is 15.2. The van der Waals surface area contributed by atoms with Gasteiger partial charge in [0.2, 0.25) is 5.75 Å². The lowest BCUT2D eigenvalue weighted by atomic mass is 10.0. The van der Waals surface area contributed by atoms with E-state index < -0.39 is 0 Å². The zero-order valence-corrected chi connectivity index (χ0v) is 12.8. The highest BCUT2D eigenvalue weighted by Crippen LogP contribution is 2.42. The minimum Gasteiger partial charge on any atom is -0.493 e. The molecule has 1 heterocycles. The van der Waals surface area contributed by atoms with Gasteiger partial charge in [-0.25, -0.2) is 0 Å². The quantitative estimate of drug-likeness (QED) is 0.877. The van der Waals surface area contributed by atoms with Crippen molar-refractivity contribution in [3.63, 3.8) is 0 Å². The van der Waals surface area contributed by atoms with Crippen LogP contribution in [0.4, 0.5) is 0 Å². The number of nitrogens with zero attached hydrogens (tertiary/aromatic N) is 2. The van der Waals surface area contributed by atoms with Gasteiger partial charge in [-0.15, -0.1) is 0 Å². The highest BCUT2D eigenvalue weighted by molar-refractivity contribution is 5.56. The monoisotopic (exact) mass is 291 g/mol. The van der Waals surface area contributed by atoms with Gasteiger partial charge in [0.25, 0.3) is 0 Å². The molecule has 0 aliphatic carbocycles. The molecule has 114 valence electrons. The summed E-state index contributed by atoms with van der Waals surface area (Å²) >= 11 is 0. The summed E-state index contributed by atoms with van der Waals surface area (Å²) in [5, 5.41) is 4.35. The predicted octanol–water partition coefficient (Wildman–Crippen LogP) is 1.69. The van der Waals surface area contributed by atoms with Crippen LogP contribution in [0.25, 0.3) is 0 Å². The molecule has 1 aromatic heterocycles. The van der Waals surface area contributed by atoms with Crippen LogP contribution in [0.1, 0.15) is 17.3 Å². The summed E-state index contributed by atoms with van der Waals surface area (Å²) in [7, 11) is 6.64. The number of hydrogen-bond acceptors (Lipinski definition) is 5. The third-order valence-electron chi connectivity index (χ3n) is 3.33. The molecule has 1 atom stereocenters. The molecule has 2 aromatic rings. The molecule has 1 aromatic carbocycles. The molecule has 6 nitrogen and oxygen atoms in total. The lowest BCUT2D eigenvalue weighted by Gasteiger charge is -2.19. The van der Waals surface area contributed by atoms with E-state index in [0.717, 1.165) is 11.3 Å². The molecule has 0 fully saturated rings. The molecule has 6 heteroatoms. The Labute approximate surface area is 124 Å². The maximum Gasteiger partial charge on any atom is 0.203 e. The van der Waals surface area contributed by atoms with E-state index in [0.29, 0.717) is 23.7 Å². The average Bonchev–Trinajstić information content (AvgIpc) is 2.90. The number of nitrogens with two attached hydrogens (primary N) is 1. The summed E-state index contributed by atoms with van der Waals surface area (Å²) in [4.78, 5) is 0. The van der Waals surface area contributed by atoms with Crippen molar-refractivity contribution in [1.29, 1.82) is 0 Å². The molecular weight excluding hydrogens is 270 g/mol. The Morgan fingerprint density at radius 1 is 1.10 bits per heavy atom. The van der Waals surface area contributed by atoms with Gasteiger partial charge in [-0.3, -0.25) is 4.68 Å². The van der Waals surface area contributed by atoms with Crippen molar-refractivity contribution in [3.05, 3.63) is 35.7 Å². The number of aromatic nitrogens is 2. The molecule has 0 saturated heterocycles. The van der Waals surface area contributed by atoms with Crippen LogP contribution in [0, 0.1) is 0 Å². The number of rotatable bonds is 6. The standard InChI is InChI=1S/C15H21N3O3/c1-18-8-7-10(17-18)9-12(16)11-5-6-13(19-2)15(21-4)14(11)20-3/h5-8,12H,9,16H2,1-4H3. The Morgan fingerprint density at radius 2 is 1.81 bits per heavy atom. The predicted molar refractivity (Wildman–Crippen MR) is 79.9 cm³/mol. The largest absolute Gasteiger partial charge is 0.493 e. The van der Waals surface area contributed by atoms with E-state index in [1.54, 1.807) is 26.0 Å². The van der Waals surface area contributed by atoms with Crippen LogP contribution in [0.5, 0.6) is 17.2 Å². The van der Waals surface area contributed by atoms with Gasteiger partial charge < -0.3 is 19.9 Å². The van der Waals surface area contributed by atoms with Crippen LogP contribution < -0.4 is 19.9 Å². The minimum absolute atomic E-state index is 0.241. The molecule has 0 amide bonds. The van der Waals surface area contributed by atoms with Crippen LogP contribution in [-0.2, 0) is 13.5 Å². The van der Waals surface area contributed by atoms with Crippen LogP contribution in [-0.4, -0.2) is 31.1 Å². The van der Waals surface area contributed by atoms with Gasteiger partial charge >= 0.3 is 0 Å². The maximum atomic E-state index is 6.30. The summed E-state index contributed by atoms with van der Waals surface area (Å²) in [5.74, 6) is 1.76. The van der Waals surface area contributed by atoms with Crippen LogP contribution in [0.2, 0.25) is 0 Å². The molecule has 21 heavy (non-hydrogen) atoms. The minimum atomic E-state index is -0.241. The second kappa shape index (κ2) is 6.49. The van der Waals surface area contributed by atoms with Crippen molar-refractivity contribution in [2.75, 3.05) is 21.3 Å². The molecule has 2 N–H and O–H groups in total. The number of hydrogen-bond donors (Lipinski definition) is 1. The zero-order valence-electron chi connectivity index (χ0n) is 12.8. The molecule has 0 bridgehead atoms. The number of methoxy groups -OCH3 is 3. The summed E-state index contributed by atoms with van der Waals surface area (Å²) < 4.78 is 17.9. The fraction of sp³-hybridized carbons (Fsp3) is 0.400. The van der Waals surface area contributed by atoms with E-state index in [1.807, 2.05) is 31.4 Å². The molecule has 0 aliphatic rings. The van der Waals surface area contributed by atoms with E-state index in [-0.39, 0.29) is 6.04 Å². The Hall–Kier alpha value is -2.21. The lowest BCUT2D eigenvalue weighted by Crippen LogP contribution is -2.15. The highest BCUT2D eigenvalue weighted by atomic mass is 16.5. The fourth-order valence-electron chi connectivity index (χ4n) is 2.32. The first-order chi connectivity index (χ1) is 10.1. The number of aryl methyl sites for hydroxylation is 1. The summed E-state index contributed by atoms with van der Waals surface area (Å²) in [6.45, 7) is 0. The van der Waals surface area contributed by atoms with Gasteiger partial charge in [0, 0.05) is 31.3 Å². The van der Waals surface area contributed by atoms with Crippen molar-refractivity contribution in [1.82, 2.24) is 9.78 Å². The SMILES string of the molecule is COc1ccc(C(N)Cc2ccn(C)n2)c(OC)c1OC. The van der Waals surface area contributed by atoms with Gasteiger partial charge in [-0.05, 0) is 18.2 Å². The Bertz CT molecular complexity index is 610. The first-order valence-corrected chi connectivity index (χ1v) is 6.63. The Kier molecular flexibility index (Phi) is 4.70. The van der Waals surface area contributed by atoms with Crippen molar-refractivity contribution in [2.45, 2.75) is 12.5 Å². The topological polar surface area (TPSA) is 71.5 Å². The van der Waals surface area contributed by atoms with E-state index in [1.165, 1.54) is 0 Å². The molecule has 2 rings (SSSR count). The van der Waals surface area contributed by atoms with Crippen molar-refractivity contribution < 1.29 is 14.2 Å². The summed E-state index contributed by atoms with van der Waals surface area (Å²) in [5.41, 5.74) is 8.10. The zero-order chi connectivity index (χ0) is 15.4. The van der Waals surface area contributed by atoms with Crippen LogP contribution in [0.15, 0.2) is 24.4 Å². The smallest absolute Gasteiger partial charge is 0.203 e. The number of ether oxygens (including phenoxy) is 3. The van der Waals surface area contributed by atoms with Crippen LogP contribution in [0.3, 0.4) is 0 Å². The van der Waals surface area contributed by atoms with Crippen molar-refractivity contribution in [3.8, 4) is 17.2 Å². The third-order valence-corrected chi connectivity index (χ3v) is 3.33. The molecule has 1 unspecified atom stereocenters. The van der Waals surface area contributed by atoms with E-state index in [9.17, 15) is 0 Å². The van der Waals surface area contributed by atoms with E-state index in [2.05, 4.69) is 5.10 Å². The van der Waals surface area contributed by atoms with Gasteiger partial charge in [0.1, 0.15) is 0 Å². The second-order valence-electron chi connectivity index (χ2n) is 4.71. The van der Waals surface area contributed by atoms with Gasteiger partial charge in [-0.1, -0.05) is 0 Å². The summed E-state index contributed by atoms with van der Waals surface area (Å²) in [6, 6.07) is 5.44. The average molecular weight is 291 g/mol.